The van der Waals surface area contributed by atoms with E-state index in [9.17, 15) is 13.2 Å². The highest BCUT2D eigenvalue weighted by molar-refractivity contribution is 6.55. The van der Waals surface area contributed by atoms with Gasteiger partial charge in [0.1, 0.15) is 22.6 Å². The molecular weight excluding hydrogens is 490 g/mol. The van der Waals surface area contributed by atoms with Gasteiger partial charge in [0, 0.05) is 12.5 Å². The third-order valence-electron chi connectivity index (χ3n) is 4.08. The summed E-state index contributed by atoms with van der Waals surface area (Å²) in [5, 5.41) is 0.399. The Morgan fingerprint density at radius 1 is 1.09 bits per heavy atom. The molecule has 0 spiro atoms. The monoisotopic (exact) mass is 509 g/mol. The van der Waals surface area contributed by atoms with Gasteiger partial charge in [0.25, 0.3) is 0 Å². The van der Waals surface area contributed by atoms with Crippen LogP contribution in [0.5, 0.6) is 11.5 Å². The third-order valence-corrected chi connectivity index (χ3v) is 4.67. The Kier molecular flexibility index (Phi) is 10.0. The van der Waals surface area contributed by atoms with Crippen LogP contribution in [0.1, 0.15) is 23.1 Å². The molecule has 1 N–H and O–H groups in total. The molecule has 0 atom stereocenters. The molecule has 0 saturated heterocycles. The number of hydrogen-bond acceptors (Lipinski definition) is 4. The van der Waals surface area contributed by atoms with E-state index in [2.05, 4.69) is 12.1 Å². The Labute approximate surface area is 199 Å². The van der Waals surface area contributed by atoms with E-state index in [4.69, 9.17) is 49.1 Å². The lowest BCUT2D eigenvalue weighted by Gasteiger charge is -2.14. The average molecular weight is 511 g/mol. The highest BCUT2D eigenvalue weighted by atomic mass is 35.5. The molecule has 2 rings (SSSR count). The minimum Gasteiger partial charge on any atom is -0.492 e. The smallest absolute Gasteiger partial charge is 0.416 e. The van der Waals surface area contributed by atoms with Crippen molar-refractivity contribution in [2.24, 2.45) is 0 Å². The Morgan fingerprint density at radius 2 is 1.78 bits per heavy atom. The van der Waals surface area contributed by atoms with Crippen LogP contribution < -0.4 is 15.0 Å². The van der Waals surface area contributed by atoms with Gasteiger partial charge in [0.2, 0.25) is 0 Å². The molecule has 0 aliphatic rings. The second kappa shape index (κ2) is 12.3. The summed E-state index contributed by atoms with van der Waals surface area (Å²) in [7, 11) is 0. The molecule has 0 fully saturated rings. The molecule has 0 bridgehead atoms. The third kappa shape index (κ3) is 8.47. The molecule has 0 heterocycles. The predicted octanol–water partition coefficient (Wildman–Crippen LogP) is 7.33. The zero-order chi connectivity index (χ0) is 23.7. The summed E-state index contributed by atoms with van der Waals surface area (Å²) in [4.78, 5) is 5.30. The maximum absolute atomic E-state index is 12.6. The van der Waals surface area contributed by atoms with E-state index in [0.717, 1.165) is 17.7 Å². The number of rotatable bonds is 11. The highest BCUT2D eigenvalue weighted by Crippen LogP contribution is 2.33. The quantitative estimate of drug-likeness (QED) is 0.254. The van der Waals surface area contributed by atoms with Crippen LogP contribution in [0.15, 0.2) is 53.5 Å². The zero-order valence-electron chi connectivity index (χ0n) is 17.1. The van der Waals surface area contributed by atoms with Crippen LogP contribution >= 0.6 is 34.8 Å². The van der Waals surface area contributed by atoms with Crippen LogP contribution in [0.25, 0.3) is 5.70 Å². The summed E-state index contributed by atoms with van der Waals surface area (Å²) in [5.74, 6) is 1.09. The first-order chi connectivity index (χ1) is 15.1. The normalized spacial score (nSPS) is 11.1. The van der Waals surface area contributed by atoms with Crippen molar-refractivity contribution in [1.82, 2.24) is 5.48 Å². The lowest BCUT2D eigenvalue weighted by molar-refractivity contribution is -0.137. The fourth-order valence-electron chi connectivity index (χ4n) is 2.53. The predicted molar refractivity (Wildman–Crippen MR) is 121 cm³/mol. The van der Waals surface area contributed by atoms with Crippen molar-refractivity contribution in [3.05, 3.63) is 75.3 Å². The number of hydroxylamine groups is 1. The van der Waals surface area contributed by atoms with E-state index in [0.29, 0.717) is 40.8 Å². The summed E-state index contributed by atoms with van der Waals surface area (Å²) in [6.07, 6.45) is -2.34. The Bertz CT molecular complexity index is 921. The minimum atomic E-state index is -4.38. The van der Waals surface area contributed by atoms with Gasteiger partial charge in [0.05, 0.1) is 29.5 Å². The standard InChI is InChI=1S/C22H21Cl3F3NO3/c1-14-12-18(30-11-8-20(24)25)13-19(23)21(14)31-9-3-10-32-29-15(2)16-4-6-17(7-5-16)22(26,27)28/h4-8,12-13,29H,2-3,9-11H2,1H3. The minimum absolute atomic E-state index is 0.118. The zero-order valence-corrected chi connectivity index (χ0v) is 19.3. The summed E-state index contributed by atoms with van der Waals surface area (Å²) in [5.41, 5.74) is 3.52. The van der Waals surface area contributed by atoms with E-state index in [1.807, 2.05) is 6.92 Å². The van der Waals surface area contributed by atoms with Gasteiger partial charge in [-0.3, -0.25) is 10.3 Å². The molecule has 10 heteroatoms. The summed E-state index contributed by atoms with van der Waals surface area (Å²) in [6, 6.07) is 8.03. The van der Waals surface area contributed by atoms with Gasteiger partial charge >= 0.3 is 6.18 Å². The molecule has 0 aliphatic carbocycles. The lowest BCUT2D eigenvalue weighted by Crippen LogP contribution is -2.15. The van der Waals surface area contributed by atoms with Crippen molar-refractivity contribution in [3.8, 4) is 11.5 Å². The summed E-state index contributed by atoms with van der Waals surface area (Å²) < 4.78 is 49.2. The van der Waals surface area contributed by atoms with Gasteiger partial charge in [-0.1, -0.05) is 53.5 Å². The van der Waals surface area contributed by atoms with E-state index < -0.39 is 11.7 Å². The van der Waals surface area contributed by atoms with Crippen molar-refractivity contribution >= 4 is 40.5 Å². The molecule has 2 aromatic carbocycles. The molecule has 0 aromatic heterocycles. The van der Waals surface area contributed by atoms with Crippen molar-refractivity contribution < 1.29 is 27.5 Å². The summed E-state index contributed by atoms with van der Waals surface area (Å²) in [6.45, 7) is 6.41. The van der Waals surface area contributed by atoms with Crippen molar-refractivity contribution in [3.63, 3.8) is 0 Å². The number of benzene rings is 2. The van der Waals surface area contributed by atoms with Crippen LogP contribution in [0.2, 0.25) is 5.02 Å². The first-order valence-corrected chi connectivity index (χ1v) is 10.5. The Hall–Kier alpha value is -2.06. The highest BCUT2D eigenvalue weighted by Gasteiger charge is 2.30. The van der Waals surface area contributed by atoms with E-state index in [1.54, 1.807) is 12.1 Å². The molecule has 0 aliphatic heterocycles. The molecule has 4 nitrogen and oxygen atoms in total. The Balaban J connectivity index is 1.73. The molecule has 32 heavy (non-hydrogen) atoms. The lowest BCUT2D eigenvalue weighted by atomic mass is 10.1. The first kappa shape index (κ1) is 26.2. The summed E-state index contributed by atoms with van der Waals surface area (Å²) >= 11 is 17.3. The van der Waals surface area contributed by atoms with Gasteiger partial charge in [-0.15, -0.1) is 0 Å². The largest absolute Gasteiger partial charge is 0.492 e. The maximum Gasteiger partial charge on any atom is 0.416 e. The number of aryl methyl sites for hydroxylation is 1. The number of nitrogens with one attached hydrogen (secondary N) is 1. The van der Waals surface area contributed by atoms with Crippen molar-refractivity contribution in [1.29, 1.82) is 0 Å². The van der Waals surface area contributed by atoms with Crippen LogP contribution in [0.4, 0.5) is 13.2 Å². The van der Waals surface area contributed by atoms with E-state index in [1.165, 1.54) is 18.2 Å². The number of alkyl halides is 3. The van der Waals surface area contributed by atoms with Gasteiger partial charge < -0.3 is 9.47 Å². The molecule has 0 radical (unpaired) electrons. The average Bonchev–Trinajstić information content (AvgIpc) is 2.71. The van der Waals surface area contributed by atoms with Crippen LogP contribution in [-0.2, 0) is 11.0 Å². The Morgan fingerprint density at radius 3 is 2.38 bits per heavy atom. The molecule has 0 saturated carbocycles. The molecular formula is C22H21Cl3F3NO3. The fraction of sp³-hybridized carbons (Fsp3) is 0.273. The SMILES string of the molecule is C=C(NOCCCOc1c(C)cc(OCC=C(Cl)Cl)cc1Cl)c1ccc(C(F)(F)F)cc1. The van der Waals surface area contributed by atoms with Gasteiger partial charge in [0.15, 0.2) is 0 Å². The van der Waals surface area contributed by atoms with Crippen LogP contribution in [0.3, 0.4) is 0 Å². The number of ether oxygens (including phenoxy) is 2. The van der Waals surface area contributed by atoms with Gasteiger partial charge in [-0.2, -0.15) is 13.2 Å². The van der Waals surface area contributed by atoms with E-state index >= 15 is 0 Å². The molecule has 2 aromatic rings. The van der Waals surface area contributed by atoms with E-state index in [-0.39, 0.29) is 17.7 Å². The second-order valence-corrected chi connectivity index (χ2v) is 7.98. The fourth-order valence-corrected chi connectivity index (χ4v) is 2.97. The van der Waals surface area contributed by atoms with Gasteiger partial charge in [-0.25, -0.2) is 0 Å². The van der Waals surface area contributed by atoms with Gasteiger partial charge in [-0.05, 0) is 42.3 Å². The van der Waals surface area contributed by atoms with Crippen LogP contribution in [-0.4, -0.2) is 19.8 Å². The molecule has 174 valence electrons. The number of hydrogen-bond donors (Lipinski definition) is 1. The molecule has 0 amide bonds. The van der Waals surface area contributed by atoms with Crippen molar-refractivity contribution in [2.75, 3.05) is 19.8 Å². The first-order valence-electron chi connectivity index (χ1n) is 9.39. The number of halogens is 6. The molecule has 0 unspecified atom stereocenters. The topological polar surface area (TPSA) is 39.7 Å². The van der Waals surface area contributed by atoms with Crippen molar-refractivity contribution in [2.45, 2.75) is 19.5 Å². The second-order valence-electron chi connectivity index (χ2n) is 6.56. The van der Waals surface area contributed by atoms with Crippen LogP contribution in [0, 0.1) is 6.92 Å². The maximum atomic E-state index is 12.6.